The summed E-state index contributed by atoms with van der Waals surface area (Å²) in [6, 6.07) is 7.19. The van der Waals surface area contributed by atoms with E-state index in [1.807, 2.05) is 0 Å². The molecule has 0 radical (unpaired) electrons. The molecule has 0 fully saturated rings. The number of aliphatic hydroxyl groups is 1. The molecular weight excluding hydrogens is 434 g/mol. The van der Waals surface area contributed by atoms with E-state index in [0.29, 0.717) is 0 Å². The van der Waals surface area contributed by atoms with Crippen molar-refractivity contribution in [2.75, 3.05) is 11.9 Å². The van der Waals surface area contributed by atoms with Gasteiger partial charge in [0.15, 0.2) is 0 Å². The minimum Gasteiger partial charge on any atom is -0.463 e. The predicted molar refractivity (Wildman–Crippen MR) is 102 cm³/mol. The highest BCUT2D eigenvalue weighted by Gasteiger charge is 2.62. The van der Waals surface area contributed by atoms with Crippen LogP contribution in [-0.4, -0.2) is 29.8 Å². The number of amides is 1. The van der Waals surface area contributed by atoms with Gasteiger partial charge in [0, 0.05) is 16.8 Å². The number of esters is 1. The first-order chi connectivity index (χ1) is 13.4. The molecule has 156 valence electrons. The first kappa shape index (κ1) is 23.0. The SMILES string of the molecule is CCOC(=O)[C@@](O)(c1ccc(NC(=O)c2ccc(Cl)c(Cl)c2)c(C)c1)C(F)(F)F. The molecule has 0 saturated carbocycles. The highest BCUT2D eigenvalue weighted by molar-refractivity contribution is 6.42. The zero-order valence-corrected chi connectivity index (χ0v) is 16.7. The van der Waals surface area contributed by atoms with Crippen molar-refractivity contribution < 1.29 is 32.6 Å². The summed E-state index contributed by atoms with van der Waals surface area (Å²) in [6.45, 7) is 2.39. The number of hydrogen-bond donors (Lipinski definition) is 2. The van der Waals surface area contributed by atoms with E-state index in [0.717, 1.165) is 18.2 Å². The summed E-state index contributed by atoms with van der Waals surface area (Å²) in [4.78, 5) is 24.2. The van der Waals surface area contributed by atoms with Gasteiger partial charge in [-0.1, -0.05) is 35.3 Å². The van der Waals surface area contributed by atoms with Crippen LogP contribution in [0.15, 0.2) is 36.4 Å². The summed E-state index contributed by atoms with van der Waals surface area (Å²) in [7, 11) is 0. The van der Waals surface area contributed by atoms with Gasteiger partial charge >= 0.3 is 12.1 Å². The van der Waals surface area contributed by atoms with Crippen LogP contribution < -0.4 is 5.32 Å². The highest BCUT2D eigenvalue weighted by atomic mass is 35.5. The fourth-order valence-corrected chi connectivity index (χ4v) is 2.79. The standard InChI is InChI=1S/C19H16Cl2F3NO4/c1-3-29-17(27)18(28,19(22,23)24)12-5-7-15(10(2)8-12)25-16(26)11-4-6-13(20)14(21)9-11/h4-9,28H,3H2,1-2H3,(H,25,26)/t18-/m0/s1. The van der Waals surface area contributed by atoms with Gasteiger partial charge in [0.2, 0.25) is 0 Å². The number of rotatable bonds is 5. The molecule has 2 N–H and O–H groups in total. The van der Waals surface area contributed by atoms with Crippen molar-refractivity contribution in [1.29, 1.82) is 0 Å². The van der Waals surface area contributed by atoms with Gasteiger partial charge in [0.1, 0.15) is 0 Å². The maximum absolute atomic E-state index is 13.5. The summed E-state index contributed by atoms with van der Waals surface area (Å²) in [5.74, 6) is -2.41. The summed E-state index contributed by atoms with van der Waals surface area (Å²) in [5, 5.41) is 13.1. The smallest absolute Gasteiger partial charge is 0.432 e. The summed E-state index contributed by atoms with van der Waals surface area (Å²) in [5.41, 5.74) is -4.02. The molecule has 0 heterocycles. The molecular formula is C19H16Cl2F3NO4. The molecule has 1 amide bonds. The number of halogens is 5. The Morgan fingerprint density at radius 2 is 1.76 bits per heavy atom. The number of aryl methyl sites for hydroxylation is 1. The molecule has 0 spiro atoms. The number of carbonyl (C=O) groups is 2. The van der Waals surface area contributed by atoms with E-state index >= 15 is 0 Å². The van der Waals surface area contributed by atoms with E-state index in [2.05, 4.69) is 10.1 Å². The second-order valence-electron chi connectivity index (χ2n) is 6.04. The van der Waals surface area contributed by atoms with Crippen molar-refractivity contribution in [3.8, 4) is 0 Å². The lowest BCUT2D eigenvalue weighted by atomic mass is 9.91. The summed E-state index contributed by atoms with van der Waals surface area (Å²) in [6.07, 6.45) is -5.31. The molecule has 2 aromatic rings. The Morgan fingerprint density at radius 1 is 1.10 bits per heavy atom. The van der Waals surface area contributed by atoms with Crippen molar-refractivity contribution in [2.45, 2.75) is 25.6 Å². The molecule has 0 bridgehead atoms. The van der Waals surface area contributed by atoms with E-state index < -0.39 is 29.2 Å². The van der Waals surface area contributed by atoms with Gasteiger partial charge in [0.25, 0.3) is 11.5 Å². The van der Waals surface area contributed by atoms with Crippen molar-refractivity contribution in [1.82, 2.24) is 0 Å². The van der Waals surface area contributed by atoms with E-state index in [4.69, 9.17) is 23.2 Å². The number of carbonyl (C=O) groups excluding carboxylic acids is 2. The van der Waals surface area contributed by atoms with Crippen molar-refractivity contribution >= 4 is 40.8 Å². The van der Waals surface area contributed by atoms with Gasteiger partial charge in [0.05, 0.1) is 16.7 Å². The van der Waals surface area contributed by atoms with Crippen molar-refractivity contribution in [2.24, 2.45) is 0 Å². The zero-order valence-electron chi connectivity index (χ0n) is 15.2. The molecule has 5 nitrogen and oxygen atoms in total. The minimum absolute atomic E-state index is 0.163. The van der Waals surface area contributed by atoms with E-state index in [1.54, 1.807) is 0 Å². The quantitative estimate of drug-likeness (QED) is 0.638. The molecule has 0 aromatic heterocycles. The van der Waals surface area contributed by atoms with Crippen LogP contribution in [0.5, 0.6) is 0 Å². The Bertz CT molecular complexity index is 950. The normalized spacial score (nSPS) is 13.5. The number of benzene rings is 2. The number of nitrogens with one attached hydrogen (secondary N) is 1. The van der Waals surface area contributed by atoms with Crippen LogP contribution in [0.2, 0.25) is 10.0 Å². The van der Waals surface area contributed by atoms with Crippen LogP contribution in [0, 0.1) is 6.92 Å². The van der Waals surface area contributed by atoms with Crippen LogP contribution >= 0.6 is 23.2 Å². The molecule has 2 aromatic carbocycles. The third-order valence-electron chi connectivity index (χ3n) is 4.06. The number of ether oxygens (including phenoxy) is 1. The van der Waals surface area contributed by atoms with Gasteiger partial charge in [-0.2, -0.15) is 13.2 Å². The Morgan fingerprint density at radius 3 is 2.28 bits per heavy atom. The number of hydrogen-bond acceptors (Lipinski definition) is 4. The highest BCUT2D eigenvalue weighted by Crippen LogP contribution is 2.41. The summed E-state index contributed by atoms with van der Waals surface area (Å²) >= 11 is 11.7. The molecule has 2 rings (SSSR count). The second-order valence-corrected chi connectivity index (χ2v) is 6.86. The second kappa shape index (κ2) is 8.61. The van der Waals surface area contributed by atoms with Crippen molar-refractivity contribution in [3.05, 3.63) is 63.1 Å². The number of alkyl halides is 3. The molecule has 29 heavy (non-hydrogen) atoms. The lowest BCUT2D eigenvalue weighted by Crippen LogP contribution is -2.50. The lowest BCUT2D eigenvalue weighted by molar-refractivity contribution is -0.267. The van der Waals surface area contributed by atoms with Crippen LogP contribution in [0.3, 0.4) is 0 Å². The fourth-order valence-electron chi connectivity index (χ4n) is 2.49. The Labute approximate surface area is 174 Å². The zero-order chi connectivity index (χ0) is 22.0. The third kappa shape index (κ3) is 4.66. The molecule has 0 aliphatic carbocycles. The molecule has 1 atom stereocenters. The molecule has 0 saturated heterocycles. The van der Waals surface area contributed by atoms with Crippen molar-refractivity contribution in [3.63, 3.8) is 0 Å². The maximum Gasteiger partial charge on any atom is 0.432 e. The first-order valence-electron chi connectivity index (χ1n) is 8.25. The molecule has 0 aliphatic rings. The van der Waals surface area contributed by atoms with Gasteiger partial charge in [-0.25, -0.2) is 4.79 Å². The Hall–Kier alpha value is -2.29. The Kier molecular flexibility index (Phi) is 6.82. The average Bonchev–Trinajstić information content (AvgIpc) is 2.64. The topological polar surface area (TPSA) is 75.6 Å². The van der Waals surface area contributed by atoms with Crippen LogP contribution in [0.4, 0.5) is 18.9 Å². The van der Waals surface area contributed by atoms with Crippen LogP contribution in [-0.2, 0) is 15.1 Å². The molecule has 10 heteroatoms. The van der Waals surface area contributed by atoms with Crippen LogP contribution in [0.1, 0.15) is 28.4 Å². The monoisotopic (exact) mass is 449 g/mol. The van der Waals surface area contributed by atoms with Gasteiger partial charge < -0.3 is 15.2 Å². The van der Waals surface area contributed by atoms with Crippen LogP contribution in [0.25, 0.3) is 0 Å². The molecule has 0 aliphatic heterocycles. The maximum atomic E-state index is 13.5. The van der Waals surface area contributed by atoms with Gasteiger partial charge in [-0.05, 0) is 43.7 Å². The Balaban J connectivity index is 2.36. The average molecular weight is 450 g/mol. The van der Waals surface area contributed by atoms with E-state index in [9.17, 15) is 27.9 Å². The van der Waals surface area contributed by atoms with Gasteiger partial charge in [-0.3, -0.25) is 4.79 Å². The minimum atomic E-state index is -5.31. The third-order valence-corrected chi connectivity index (χ3v) is 4.79. The first-order valence-corrected chi connectivity index (χ1v) is 9.01. The van der Waals surface area contributed by atoms with Gasteiger partial charge in [-0.15, -0.1) is 0 Å². The fraction of sp³-hybridized carbons (Fsp3) is 0.263. The summed E-state index contributed by atoms with van der Waals surface area (Å²) < 4.78 is 44.8. The largest absolute Gasteiger partial charge is 0.463 e. The van der Waals surface area contributed by atoms with E-state index in [-0.39, 0.29) is 33.5 Å². The lowest BCUT2D eigenvalue weighted by Gasteiger charge is -2.29. The van der Waals surface area contributed by atoms with E-state index in [1.165, 1.54) is 32.0 Å². The number of anilines is 1. The molecule has 0 unspecified atom stereocenters. The predicted octanol–water partition coefficient (Wildman–Crippen LogP) is 4.87.